The van der Waals surface area contributed by atoms with E-state index < -0.39 is 0 Å². The maximum absolute atomic E-state index is 12.0. The van der Waals surface area contributed by atoms with E-state index in [1.54, 1.807) is 0 Å². The highest BCUT2D eigenvalue weighted by molar-refractivity contribution is 7.99. The first kappa shape index (κ1) is 19.5. The number of rotatable bonds is 8. The van der Waals surface area contributed by atoms with Crippen LogP contribution in [-0.2, 0) is 17.6 Å². The molecule has 2 aromatic carbocycles. The molecule has 27 heavy (non-hydrogen) atoms. The molecule has 0 fully saturated rings. The van der Waals surface area contributed by atoms with Crippen molar-refractivity contribution in [1.29, 1.82) is 0 Å². The second-order valence-electron chi connectivity index (χ2n) is 6.03. The van der Waals surface area contributed by atoms with Crippen molar-refractivity contribution in [3.63, 3.8) is 0 Å². The zero-order valence-electron chi connectivity index (χ0n) is 15.0. The van der Waals surface area contributed by atoms with Crippen LogP contribution in [0.4, 0.5) is 0 Å². The van der Waals surface area contributed by atoms with Gasteiger partial charge in [0.2, 0.25) is 11.1 Å². The summed E-state index contributed by atoms with van der Waals surface area (Å²) in [5.41, 5.74) is 3.40. The lowest BCUT2D eigenvalue weighted by molar-refractivity contribution is -0.118. The number of benzene rings is 2. The van der Waals surface area contributed by atoms with Crippen LogP contribution in [0.3, 0.4) is 0 Å². The lowest BCUT2D eigenvalue weighted by Crippen LogP contribution is -2.27. The van der Waals surface area contributed by atoms with Crippen LogP contribution in [0.5, 0.6) is 0 Å². The molecule has 0 radical (unpaired) electrons. The van der Waals surface area contributed by atoms with Crippen LogP contribution in [0.15, 0.2) is 53.7 Å². The van der Waals surface area contributed by atoms with Crippen LogP contribution in [-0.4, -0.2) is 33.4 Å². The molecule has 2 N–H and O–H groups in total. The van der Waals surface area contributed by atoms with Gasteiger partial charge in [0.15, 0.2) is 5.82 Å². The van der Waals surface area contributed by atoms with Crippen LogP contribution in [0.25, 0.3) is 11.4 Å². The van der Waals surface area contributed by atoms with Crippen molar-refractivity contribution in [3.05, 3.63) is 64.7 Å². The molecule has 0 aliphatic heterocycles. The summed E-state index contributed by atoms with van der Waals surface area (Å²) in [6.45, 7) is 2.71. The van der Waals surface area contributed by atoms with Gasteiger partial charge >= 0.3 is 0 Å². The number of aromatic nitrogens is 3. The van der Waals surface area contributed by atoms with Gasteiger partial charge in [-0.2, -0.15) is 0 Å². The Hall–Kier alpha value is -2.31. The Labute approximate surface area is 167 Å². The Morgan fingerprint density at radius 1 is 1.11 bits per heavy atom. The summed E-state index contributed by atoms with van der Waals surface area (Å²) in [7, 11) is 0. The molecule has 0 saturated carbocycles. The van der Waals surface area contributed by atoms with Gasteiger partial charge in [-0.1, -0.05) is 66.7 Å². The van der Waals surface area contributed by atoms with Gasteiger partial charge in [0, 0.05) is 17.1 Å². The summed E-state index contributed by atoms with van der Waals surface area (Å²) in [5.74, 6) is 0.961. The Morgan fingerprint density at radius 3 is 2.52 bits per heavy atom. The third-order valence-electron chi connectivity index (χ3n) is 4.08. The number of amides is 1. The minimum atomic E-state index is -0.0346. The second-order valence-corrected chi connectivity index (χ2v) is 7.41. The maximum atomic E-state index is 12.0. The Bertz CT molecular complexity index is 878. The van der Waals surface area contributed by atoms with E-state index in [4.69, 9.17) is 11.6 Å². The van der Waals surface area contributed by atoms with Crippen molar-refractivity contribution in [3.8, 4) is 11.4 Å². The van der Waals surface area contributed by atoms with Gasteiger partial charge in [-0.15, -0.1) is 5.10 Å². The van der Waals surface area contributed by atoms with E-state index >= 15 is 0 Å². The van der Waals surface area contributed by atoms with Crippen molar-refractivity contribution in [2.45, 2.75) is 24.9 Å². The summed E-state index contributed by atoms with van der Waals surface area (Å²) in [6.07, 6.45) is 1.77. The lowest BCUT2D eigenvalue weighted by atomic mass is 10.1. The second kappa shape index (κ2) is 9.58. The minimum absolute atomic E-state index is 0.0346. The van der Waals surface area contributed by atoms with Crippen molar-refractivity contribution in [2.75, 3.05) is 12.3 Å². The third kappa shape index (κ3) is 5.84. The molecular weight excluding hydrogens is 380 g/mol. The fourth-order valence-electron chi connectivity index (χ4n) is 2.52. The monoisotopic (exact) mass is 400 g/mol. The molecule has 3 rings (SSSR count). The SMILES string of the molecule is CCc1ccc(-c2nc(SCC(=O)NCCc3ccc(Cl)cc3)n[nH]2)cc1. The predicted octanol–water partition coefficient (Wildman–Crippen LogP) is 4.14. The summed E-state index contributed by atoms with van der Waals surface area (Å²) in [4.78, 5) is 16.4. The van der Waals surface area contributed by atoms with E-state index in [0.717, 1.165) is 24.0 Å². The predicted molar refractivity (Wildman–Crippen MR) is 110 cm³/mol. The number of aromatic amines is 1. The maximum Gasteiger partial charge on any atom is 0.230 e. The van der Waals surface area contributed by atoms with E-state index in [9.17, 15) is 4.79 Å². The van der Waals surface area contributed by atoms with Gasteiger partial charge in [-0.05, 0) is 36.1 Å². The fraction of sp³-hybridized carbons (Fsp3) is 0.250. The molecule has 1 heterocycles. The highest BCUT2D eigenvalue weighted by Crippen LogP contribution is 2.19. The van der Waals surface area contributed by atoms with Crippen LogP contribution < -0.4 is 5.32 Å². The Morgan fingerprint density at radius 2 is 1.81 bits per heavy atom. The third-order valence-corrected chi connectivity index (χ3v) is 5.18. The number of carbonyl (C=O) groups is 1. The van der Waals surface area contributed by atoms with Gasteiger partial charge < -0.3 is 5.32 Å². The standard InChI is InChI=1S/C20H21ClN4OS/c1-2-14-3-7-16(8-4-14)19-23-20(25-24-19)27-13-18(26)22-12-11-15-5-9-17(21)10-6-15/h3-10H,2,11-13H2,1H3,(H,22,26)(H,23,24,25). The zero-order valence-corrected chi connectivity index (χ0v) is 16.6. The topological polar surface area (TPSA) is 70.7 Å². The number of nitrogens with one attached hydrogen (secondary N) is 2. The van der Waals surface area contributed by atoms with Gasteiger partial charge in [-0.25, -0.2) is 4.98 Å². The van der Waals surface area contributed by atoms with E-state index in [2.05, 4.69) is 39.6 Å². The van der Waals surface area contributed by atoms with Crippen LogP contribution in [0, 0.1) is 0 Å². The molecule has 140 valence electrons. The highest BCUT2D eigenvalue weighted by Gasteiger charge is 2.09. The molecule has 0 unspecified atom stereocenters. The molecule has 3 aromatic rings. The van der Waals surface area contributed by atoms with E-state index in [1.165, 1.54) is 17.3 Å². The molecule has 0 aliphatic rings. The first-order chi connectivity index (χ1) is 13.1. The van der Waals surface area contributed by atoms with E-state index in [0.29, 0.717) is 22.5 Å². The number of hydrogen-bond donors (Lipinski definition) is 2. The first-order valence-electron chi connectivity index (χ1n) is 8.79. The summed E-state index contributed by atoms with van der Waals surface area (Å²) in [5, 5.41) is 11.3. The Balaban J connectivity index is 1.43. The normalized spacial score (nSPS) is 10.7. The smallest absolute Gasteiger partial charge is 0.230 e. The quantitative estimate of drug-likeness (QED) is 0.557. The molecule has 0 aliphatic carbocycles. The molecule has 7 heteroatoms. The molecule has 0 bridgehead atoms. The molecular formula is C20H21ClN4OS. The molecule has 0 atom stereocenters. The lowest BCUT2D eigenvalue weighted by Gasteiger charge is -2.04. The summed E-state index contributed by atoms with van der Waals surface area (Å²) >= 11 is 7.18. The number of hydrogen-bond acceptors (Lipinski definition) is 4. The van der Waals surface area contributed by atoms with Gasteiger partial charge in [0.1, 0.15) is 0 Å². The summed E-state index contributed by atoms with van der Waals surface area (Å²) in [6, 6.07) is 15.8. The van der Waals surface area contributed by atoms with E-state index in [1.807, 2.05) is 36.4 Å². The number of thioether (sulfide) groups is 1. The molecule has 1 amide bonds. The molecule has 0 saturated heterocycles. The van der Waals surface area contributed by atoms with Gasteiger partial charge in [0.25, 0.3) is 0 Å². The van der Waals surface area contributed by atoms with Crippen molar-refractivity contribution in [1.82, 2.24) is 20.5 Å². The average molecular weight is 401 g/mol. The molecule has 5 nitrogen and oxygen atoms in total. The highest BCUT2D eigenvalue weighted by atomic mass is 35.5. The summed E-state index contributed by atoms with van der Waals surface area (Å²) < 4.78 is 0. The number of H-pyrrole nitrogens is 1. The van der Waals surface area contributed by atoms with Crippen LogP contribution in [0.2, 0.25) is 5.02 Å². The fourth-order valence-corrected chi connectivity index (χ4v) is 3.27. The Kier molecular flexibility index (Phi) is 6.90. The van der Waals surface area contributed by atoms with Crippen molar-refractivity contribution < 1.29 is 4.79 Å². The average Bonchev–Trinajstić information content (AvgIpc) is 3.17. The first-order valence-corrected chi connectivity index (χ1v) is 10.2. The van der Waals surface area contributed by atoms with Crippen LogP contribution in [0.1, 0.15) is 18.1 Å². The van der Waals surface area contributed by atoms with Gasteiger partial charge in [-0.3, -0.25) is 9.89 Å². The zero-order chi connectivity index (χ0) is 19.1. The minimum Gasteiger partial charge on any atom is -0.355 e. The van der Waals surface area contributed by atoms with Crippen LogP contribution >= 0.6 is 23.4 Å². The van der Waals surface area contributed by atoms with Crippen molar-refractivity contribution >= 4 is 29.3 Å². The van der Waals surface area contributed by atoms with Crippen molar-refractivity contribution in [2.24, 2.45) is 0 Å². The number of nitrogens with zero attached hydrogens (tertiary/aromatic N) is 2. The molecule has 1 aromatic heterocycles. The number of halogens is 1. The number of aryl methyl sites for hydroxylation is 1. The largest absolute Gasteiger partial charge is 0.355 e. The van der Waals surface area contributed by atoms with E-state index in [-0.39, 0.29) is 11.7 Å². The van der Waals surface area contributed by atoms with Gasteiger partial charge in [0.05, 0.1) is 5.75 Å². The number of carbonyl (C=O) groups excluding carboxylic acids is 1. The molecule has 0 spiro atoms.